The minimum atomic E-state index is -4.52. The van der Waals surface area contributed by atoms with Gasteiger partial charge < -0.3 is 5.32 Å². The van der Waals surface area contributed by atoms with Gasteiger partial charge in [-0.3, -0.25) is 5.21 Å². The lowest BCUT2D eigenvalue weighted by atomic mass is 10.2. The molecule has 1 aromatic rings. The van der Waals surface area contributed by atoms with Gasteiger partial charge in [-0.05, 0) is 25.1 Å². The third-order valence-electron chi connectivity index (χ3n) is 1.94. The molecule has 0 bridgehead atoms. The van der Waals surface area contributed by atoms with Crippen molar-refractivity contribution in [2.24, 2.45) is 0 Å². The SMILES string of the molecule is CCNC(=O)N(O)c1cccc(C(F)(F)F)c1. The van der Waals surface area contributed by atoms with E-state index in [0.29, 0.717) is 6.07 Å². The molecular formula is C10H11F3N2O2. The number of hydroxylamine groups is 1. The number of halogens is 3. The van der Waals surface area contributed by atoms with Crippen LogP contribution in [0, 0.1) is 0 Å². The lowest BCUT2D eigenvalue weighted by Crippen LogP contribution is -2.37. The highest BCUT2D eigenvalue weighted by Crippen LogP contribution is 2.31. The van der Waals surface area contributed by atoms with Gasteiger partial charge in [0, 0.05) is 6.54 Å². The van der Waals surface area contributed by atoms with Gasteiger partial charge in [-0.15, -0.1) is 0 Å². The van der Waals surface area contributed by atoms with E-state index in [-0.39, 0.29) is 17.3 Å². The average molecular weight is 248 g/mol. The predicted molar refractivity (Wildman–Crippen MR) is 54.8 cm³/mol. The first-order valence-corrected chi connectivity index (χ1v) is 4.80. The maximum Gasteiger partial charge on any atom is 0.416 e. The van der Waals surface area contributed by atoms with Crippen LogP contribution in [0.1, 0.15) is 12.5 Å². The standard InChI is InChI=1S/C10H11F3N2O2/c1-2-14-9(16)15(17)8-5-3-4-7(6-8)10(11,12)13/h3-6,17H,2H2,1H3,(H,14,16). The van der Waals surface area contributed by atoms with E-state index in [4.69, 9.17) is 0 Å². The van der Waals surface area contributed by atoms with Gasteiger partial charge in [0.25, 0.3) is 0 Å². The fourth-order valence-corrected chi connectivity index (χ4v) is 1.16. The van der Waals surface area contributed by atoms with Crippen molar-refractivity contribution in [3.63, 3.8) is 0 Å². The lowest BCUT2D eigenvalue weighted by molar-refractivity contribution is -0.137. The first-order valence-electron chi connectivity index (χ1n) is 4.80. The van der Waals surface area contributed by atoms with E-state index in [1.807, 2.05) is 0 Å². The molecule has 0 aliphatic rings. The van der Waals surface area contributed by atoms with Crippen LogP contribution in [0.3, 0.4) is 0 Å². The summed E-state index contributed by atoms with van der Waals surface area (Å²) < 4.78 is 37.1. The maximum absolute atomic E-state index is 12.4. The highest BCUT2D eigenvalue weighted by molar-refractivity contribution is 5.89. The minimum Gasteiger partial charge on any atom is -0.336 e. The molecule has 0 spiro atoms. The summed E-state index contributed by atoms with van der Waals surface area (Å²) in [7, 11) is 0. The Balaban J connectivity index is 2.96. The van der Waals surface area contributed by atoms with Gasteiger partial charge in [0.2, 0.25) is 0 Å². The zero-order valence-electron chi connectivity index (χ0n) is 8.95. The van der Waals surface area contributed by atoms with Gasteiger partial charge in [0.1, 0.15) is 0 Å². The number of anilines is 1. The van der Waals surface area contributed by atoms with Crippen LogP contribution in [0.25, 0.3) is 0 Å². The van der Waals surface area contributed by atoms with Crippen molar-refractivity contribution in [1.29, 1.82) is 0 Å². The first-order chi connectivity index (χ1) is 7.86. The van der Waals surface area contributed by atoms with E-state index in [0.717, 1.165) is 12.1 Å². The number of rotatable bonds is 2. The van der Waals surface area contributed by atoms with Crippen molar-refractivity contribution in [2.75, 3.05) is 11.6 Å². The number of amides is 2. The van der Waals surface area contributed by atoms with E-state index >= 15 is 0 Å². The molecule has 0 aliphatic carbocycles. The molecule has 0 unspecified atom stereocenters. The van der Waals surface area contributed by atoms with Crippen LogP contribution in [0.15, 0.2) is 24.3 Å². The van der Waals surface area contributed by atoms with Crippen LogP contribution in [0.4, 0.5) is 23.7 Å². The largest absolute Gasteiger partial charge is 0.416 e. The molecule has 1 rings (SSSR count). The summed E-state index contributed by atoms with van der Waals surface area (Å²) in [5, 5.41) is 11.8. The zero-order valence-corrected chi connectivity index (χ0v) is 8.95. The molecule has 17 heavy (non-hydrogen) atoms. The second kappa shape index (κ2) is 5.05. The minimum absolute atomic E-state index is 0.138. The number of hydrogen-bond donors (Lipinski definition) is 2. The molecule has 0 aliphatic heterocycles. The van der Waals surface area contributed by atoms with Crippen LogP contribution < -0.4 is 10.4 Å². The lowest BCUT2D eigenvalue weighted by Gasteiger charge is -2.16. The molecule has 2 N–H and O–H groups in total. The summed E-state index contributed by atoms with van der Waals surface area (Å²) in [5.41, 5.74) is -1.18. The van der Waals surface area contributed by atoms with Crippen LogP contribution in [0.5, 0.6) is 0 Å². The number of nitrogens with one attached hydrogen (secondary N) is 1. The second-order valence-corrected chi connectivity index (χ2v) is 3.20. The molecular weight excluding hydrogens is 237 g/mol. The van der Waals surface area contributed by atoms with E-state index in [1.54, 1.807) is 6.92 Å². The zero-order chi connectivity index (χ0) is 13.1. The molecule has 2 amide bonds. The van der Waals surface area contributed by atoms with Crippen molar-refractivity contribution in [2.45, 2.75) is 13.1 Å². The Bertz CT molecular complexity index is 407. The Morgan fingerprint density at radius 1 is 1.47 bits per heavy atom. The fraction of sp³-hybridized carbons (Fsp3) is 0.300. The molecule has 0 saturated heterocycles. The molecule has 0 atom stereocenters. The molecule has 1 aromatic carbocycles. The Labute approximate surface area is 95.6 Å². The van der Waals surface area contributed by atoms with Crippen molar-refractivity contribution in [1.82, 2.24) is 5.32 Å². The van der Waals surface area contributed by atoms with Crippen LogP contribution >= 0.6 is 0 Å². The summed E-state index contributed by atoms with van der Waals surface area (Å²) in [4.78, 5) is 11.2. The third kappa shape index (κ3) is 3.35. The number of alkyl halides is 3. The molecule has 4 nitrogen and oxygen atoms in total. The Morgan fingerprint density at radius 2 is 2.12 bits per heavy atom. The number of hydrogen-bond acceptors (Lipinski definition) is 2. The highest BCUT2D eigenvalue weighted by atomic mass is 19.4. The van der Waals surface area contributed by atoms with E-state index in [1.165, 1.54) is 6.07 Å². The Hall–Kier alpha value is -1.76. The van der Waals surface area contributed by atoms with Crippen molar-refractivity contribution < 1.29 is 23.2 Å². The van der Waals surface area contributed by atoms with E-state index < -0.39 is 17.8 Å². The van der Waals surface area contributed by atoms with Gasteiger partial charge in [0.15, 0.2) is 0 Å². The monoisotopic (exact) mass is 248 g/mol. The smallest absolute Gasteiger partial charge is 0.336 e. The Kier molecular flexibility index (Phi) is 3.95. The number of benzene rings is 1. The second-order valence-electron chi connectivity index (χ2n) is 3.20. The summed E-state index contributed by atoms with van der Waals surface area (Å²) in [5.74, 6) is 0. The molecule has 94 valence electrons. The summed E-state index contributed by atoms with van der Waals surface area (Å²) in [6, 6.07) is 2.97. The predicted octanol–water partition coefficient (Wildman–Crippen LogP) is 2.63. The first kappa shape index (κ1) is 13.3. The summed E-state index contributed by atoms with van der Waals surface area (Å²) in [6.45, 7) is 1.88. The fourth-order valence-electron chi connectivity index (χ4n) is 1.16. The molecule has 0 heterocycles. The molecule has 0 saturated carbocycles. The molecule has 0 radical (unpaired) electrons. The van der Waals surface area contributed by atoms with E-state index in [2.05, 4.69) is 5.32 Å². The number of urea groups is 1. The maximum atomic E-state index is 12.4. The van der Waals surface area contributed by atoms with Crippen molar-refractivity contribution in [3.05, 3.63) is 29.8 Å². The van der Waals surface area contributed by atoms with Gasteiger partial charge in [-0.2, -0.15) is 18.2 Å². The van der Waals surface area contributed by atoms with Crippen molar-refractivity contribution >= 4 is 11.7 Å². The molecule has 0 fully saturated rings. The van der Waals surface area contributed by atoms with Crippen LogP contribution in [-0.2, 0) is 6.18 Å². The molecule has 0 aromatic heterocycles. The summed E-state index contributed by atoms with van der Waals surface area (Å²) in [6.07, 6.45) is -4.52. The van der Waals surface area contributed by atoms with Crippen LogP contribution in [-0.4, -0.2) is 17.8 Å². The van der Waals surface area contributed by atoms with Gasteiger partial charge >= 0.3 is 12.2 Å². The van der Waals surface area contributed by atoms with Gasteiger partial charge in [-0.25, -0.2) is 4.79 Å². The van der Waals surface area contributed by atoms with Crippen molar-refractivity contribution in [3.8, 4) is 0 Å². The topological polar surface area (TPSA) is 52.6 Å². The Morgan fingerprint density at radius 3 is 2.65 bits per heavy atom. The number of carbonyl (C=O) groups excluding carboxylic acids is 1. The van der Waals surface area contributed by atoms with Crippen LogP contribution in [0.2, 0.25) is 0 Å². The van der Waals surface area contributed by atoms with E-state index in [9.17, 15) is 23.2 Å². The number of carbonyl (C=O) groups is 1. The number of nitrogens with zero attached hydrogens (tertiary/aromatic N) is 1. The quantitative estimate of drug-likeness (QED) is 0.624. The normalized spacial score (nSPS) is 11.1. The third-order valence-corrected chi connectivity index (χ3v) is 1.94. The van der Waals surface area contributed by atoms with Gasteiger partial charge in [0.05, 0.1) is 11.3 Å². The van der Waals surface area contributed by atoms with Gasteiger partial charge in [-0.1, -0.05) is 6.07 Å². The highest BCUT2D eigenvalue weighted by Gasteiger charge is 2.31. The average Bonchev–Trinajstić information content (AvgIpc) is 2.27. The summed E-state index contributed by atoms with van der Waals surface area (Å²) >= 11 is 0. The molecule has 7 heteroatoms.